The molecule has 0 radical (unpaired) electrons. The number of para-hydroxylation sites is 1. The molecule has 3 heterocycles. The van der Waals surface area contributed by atoms with Crippen LogP contribution in [-0.2, 0) is 33.2 Å². The molecule has 5 aliphatic rings. The second kappa shape index (κ2) is 30.4. The quantitative estimate of drug-likeness (QED) is 0.0387. The number of ether oxygens (including phenoxy) is 6. The number of anilines is 1. The molecule has 5 N–H and O–H groups in total. The van der Waals surface area contributed by atoms with E-state index in [-0.39, 0.29) is 37.3 Å². The molecule has 7 rings (SSSR count). The van der Waals surface area contributed by atoms with Gasteiger partial charge in [0.05, 0.1) is 29.8 Å². The summed E-state index contributed by atoms with van der Waals surface area (Å²) in [6.45, 7) is 19.4. The third-order valence-electron chi connectivity index (χ3n) is 21.7. The van der Waals surface area contributed by atoms with Gasteiger partial charge in [0.25, 0.3) is 0 Å². The molecule has 2 aliphatic carbocycles. The fourth-order valence-corrected chi connectivity index (χ4v) is 29.7. The first-order chi connectivity index (χ1) is 40.5. The van der Waals surface area contributed by atoms with Crippen LogP contribution in [0.5, 0.6) is 0 Å². The summed E-state index contributed by atoms with van der Waals surface area (Å²) in [5, 5.41) is 63.2. The van der Waals surface area contributed by atoms with E-state index in [1.807, 2.05) is 46.7 Å². The molecule has 15 nitrogen and oxygen atoms in total. The van der Waals surface area contributed by atoms with E-state index in [0.29, 0.717) is 30.8 Å². The number of hydrogen-bond donors (Lipinski definition) is 5. The van der Waals surface area contributed by atoms with E-state index in [0.717, 1.165) is 25.7 Å². The fourth-order valence-electron chi connectivity index (χ4n) is 16.7. The Bertz CT molecular complexity index is 2420. The van der Waals surface area contributed by atoms with Gasteiger partial charge < -0.3 is 38.8 Å². The first-order valence-electron chi connectivity index (χ1n) is 33.4. The van der Waals surface area contributed by atoms with Crippen LogP contribution >= 0.6 is 26.3 Å². The average Bonchev–Trinajstić information content (AvgIpc) is 0.752. The number of likely N-dealkylation sites (N-methyl/N-ethyl adjacent to an activating group) is 1. The molecule has 492 valence electrons. The Morgan fingerprint density at radius 2 is 1.35 bits per heavy atom. The van der Waals surface area contributed by atoms with E-state index in [2.05, 4.69) is 101 Å². The zero-order valence-corrected chi connectivity index (χ0v) is 58.6. The fraction of sp³-hybridized carbons (Fsp3) is 0.812. The van der Waals surface area contributed by atoms with E-state index < -0.39 is 100 Å². The summed E-state index contributed by atoms with van der Waals surface area (Å²) in [5.74, 6) is -2.67. The van der Waals surface area contributed by atoms with Crippen LogP contribution in [0, 0.1) is 17.8 Å². The molecular weight excluding hydrogens is 1220 g/mol. The van der Waals surface area contributed by atoms with Crippen LogP contribution in [0.25, 0.3) is 11.1 Å². The second-order valence-corrected chi connectivity index (χ2v) is 40.6. The van der Waals surface area contributed by atoms with Gasteiger partial charge in [-0.15, -0.1) is 0 Å². The summed E-state index contributed by atoms with van der Waals surface area (Å²) in [4.78, 5) is 21.4. The average molecular weight is 1340 g/mol. The van der Waals surface area contributed by atoms with Crippen molar-refractivity contribution in [2.45, 2.75) is 286 Å². The van der Waals surface area contributed by atoms with Gasteiger partial charge in [0.15, 0.2) is 12.6 Å². The molecule has 0 unspecified atom stereocenters. The number of unbranched alkanes of at least 4 members (excludes halogenated alkanes) is 3. The molecule has 3 saturated heterocycles. The van der Waals surface area contributed by atoms with Gasteiger partial charge in [-0.25, -0.2) is 0 Å². The summed E-state index contributed by atoms with van der Waals surface area (Å²) in [6.07, 6.45) is 9.93. The van der Waals surface area contributed by atoms with Crippen molar-refractivity contribution in [1.29, 1.82) is 0 Å². The second-order valence-electron chi connectivity index (χ2n) is 28.7. The normalized spacial score (nSPS) is 37.9. The maximum atomic E-state index is 14.9. The number of aliphatic hydroxyl groups excluding tert-OH is 3. The molecule has 0 aromatic heterocycles. The molecule has 3 aliphatic heterocycles. The number of esters is 1. The number of nitrogens with zero attached hydrogens (tertiary/aromatic N) is 3. The monoisotopic (exact) mass is 1340 g/mol. The number of carbonyl (C=O) groups excluding carboxylic acids is 1. The van der Waals surface area contributed by atoms with Crippen molar-refractivity contribution in [3.8, 4) is 11.1 Å². The van der Waals surface area contributed by atoms with Gasteiger partial charge in [0.1, 0.15) is 12.2 Å². The predicted octanol–water partition coefficient (Wildman–Crippen LogP) is 11.5. The minimum atomic E-state index is -2.72. The Kier molecular flexibility index (Phi) is 25.4. The first kappa shape index (κ1) is 71.8. The van der Waals surface area contributed by atoms with Crippen LogP contribution in [0.4, 0.5) is 5.69 Å². The number of aliphatic hydroxyl groups is 5. The molecule has 2 aromatic carbocycles. The van der Waals surface area contributed by atoms with Gasteiger partial charge >= 0.3 is 349 Å². The van der Waals surface area contributed by atoms with Crippen LogP contribution < -0.4 is 10.2 Å². The number of hydrogen-bond acceptors (Lipinski definition) is 15. The van der Waals surface area contributed by atoms with Crippen molar-refractivity contribution in [1.82, 2.24) is 9.80 Å². The molecule has 17 heteroatoms. The Morgan fingerprint density at radius 1 is 0.756 bits per heavy atom. The number of halogens is 1. The van der Waals surface area contributed by atoms with Crippen molar-refractivity contribution in [2.75, 3.05) is 59.5 Å². The van der Waals surface area contributed by atoms with Crippen molar-refractivity contribution < 1.29 is 58.7 Å². The molecule has 18 atom stereocenters. The van der Waals surface area contributed by atoms with Gasteiger partial charge in [-0.1, -0.05) is 13.8 Å². The van der Waals surface area contributed by atoms with Gasteiger partial charge in [-0.2, -0.15) is 0 Å². The standard InChI is InChI=1S/C69H117IN3O12P/c1-16-58-69(10,79)62(75)49(6)73(39-29-17-18-30-40-86(70,51-31-21-19-22-32-51,52-33-23-20-24-34-52)57-38-28-26-36-54(57)53-35-25-27-37-55(53)71(11)12)44-45(2)42-67(8,78)64(85-66-60(74)56(72(13)14)41-46(3)81-66)47(4)61(48(5)65(77)83-58)84-59-43-68(9,80-15)63(76)50(7)82-59/h25-28,35-38,45-52,56,58-64,66,74-76,78-79H,16-24,29-34,39-44H2,1-15H3/t45-,46-,47+,48-,49-,50+,56+,58-,59+,60-,61+,62-,63+,64-,66+,67-,68-,69-/m1/s1. The Labute approximate surface area is 532 Å². The molecule has 2 aromatic rings. The molecule has 5 fully saturated rings. The van der Waals surface area contributed by atoms with Crippen molar-refractivity contribution in [3.05, 3.63) is 48.5 Å². The first-order valence-corrected chi connectivity index (χ1v) is 38.7. The molecule has 0 spiro atoms. The van der Waals surface area contributed by atoms with E-state index in [9.17, 15) is 30.3 Å². The summed E-state index contributed by atoms with van der Waals surface area (Å²) in [6, 6.07) is 17.7. The van der Waals surface area contributed by atoms with E-state index in [1.165, 1.54) is 94.3 Å². The number of rotatable bonds is 19. The molecule has 0 amide bonds. The number of cyclic esters (lactones) is 1. The van der Waals surface area contributed by atoms with Crippen molar-refractivity contribution >= 4 is 43.2 Å². The van der Waals surface area contributed by atoms with E-state index in [4.69, 9.17) is 28.4 Å². The third-order valence-corrected chi connectivity index (χ3v) is 36.3. The molecule has 2 saturated carbocycles. The predicted molar refractivity (Wildman–Crippen MR) is 357 cm³/mol. The molecular formula is C69H117IN3O12P. The Balaban J connectivity index is 1.20. The number of carbonyl (C=O) groups is 1. The Morgan fingerprint density at radius 3 is 1.94 bits per heavy atom. The van der Waals surface area contributed by atoms with E-state index >= 15 is 0 Å². The number of benzene rings is 2. The zero-order valence-electron chi connectivity index (χ0n) is 55.5. The zero-order chi connectivity index (χ0) is 63.1. The minimum absolute atomic E-state index is 0.126. The van der Waals surface area contributed by atoms with E-state index in [1.54, 1.807) is 39.9 Å². The van der Waals surface area contributed by atoms with Crippen LogP contribution in [0.2, 0.25) is 0 Å². The summed E-state index contributed by atoms with van der Waals surface area (Å²) >= 11 is 3.23. The summed E-state index contributed by atoms with van der Waals surface area (Å²) in [7, 11) is 9.71. The van der Waals surface area contributed by atoms with Crippen LogP contribution in [0.1, 0.15) is 185 Å². The summed E-state index contributed by atoms with van der Waals surface area (Å²) in [5.41, 5.74) is 0.887. The van der Waals surface area contributed by atoms with Crippen molar-refractivity contribution in [3.63, 3.8) is 0 Å². The maximum absolute atomic E-state index is 14.9. The van der Waals surface area contributed by atoms with Gasteiger partial charge in [0, 0.05) is 25.5 Å². The van der Waals surface area contributed by atoms with Crippen molar-refractivity contribution in [2.24, 2.45) is 17.8 Å². The van der Waals surface area contributed by atoms with Crippen LogP contribution in [-0.4, -0.2) is 197 Å². The molecule has 86 heavy (non-hydrogen) atoms. The van der Waals surface area contributed by atoms with Gasteiger partial charge in [-0.3, -0.25) is 4.79 Å². The Hall–Kier alpha value is -1.61. The van der Waals surface area contributed by atoms with Crippen LogP contribution in [0.3, 0.4) is 0 Å². The SMILES string of the molecule is CC[C@H]1OC(=O)[C@H](C)[C@@H](O[C@H]2C[C@@](C)(OC)[C@@H](O)[C@H](C)O2)[C@H](C)[C@@H](O[C@@H]2O[C@H](C)C[C@H](N(C)C)[C@H]2O)[C@](C)(O)C[C@@H](C)CN(CCCCCCP(I)(c2ccccc2-c2ccccc2N(C)C)(C2CCCCC2)C2CCCCC2)[C@H](C)[C@@H](O)[C@]1(C)O. The van der Waals surface area contributed by atoms with Gasteiger partial charge in [0.2, 0.25) is 0 Å². The summed E-state index contributed by atoms with van der Waals surface area (Å²) < 4.78 is 36.2. The topological polar surface area (TPSA) is 183 Å². The van der Waals surface area contributed by atoms with Gasteiger partial charge in [-0.05, 0) is 48.2 Å². The third kappa shape index (κ3) is 15.7. The number of methoxy groups -OCH3 is 1. The van der Waals surface area contributed by atoms with Crippen LogP contribution in [0.15, 0.2) is 48.5 Å². The molecule has 0 bridgehead atoms.